The van der Waals surface area contributed by atoms with Gasteiger partial charge in [-0.2, -0.15) is 0 Å². The Balaban J connectivity index is 3.86. The number of hydrogen-bond acceptors (Lipinski definition) is 3. The molecule has 0 saturated carbocycles. The molecule has 0 saturated heterocycles. The third-order valence-corrected chi connectivity index (χ3v) is 0.915. The van der Waals surface area contributed by atoms with Gasteiger partial charge in [-0.25, -0.2) is 4.79 Å². The Morgan fingerprint density at radius 3 is 2.40 bits per heavy atom. The fraction of sp³-hybridized carbons (Fsp3) is 0.571. The zero-order valence-electron chi connectivity index (χ0n) is 6.55. The van der Waals surface area contributed by atoms with Crippen molar-refractivity contribution < 1.29 is 9.53 Å². The average molecular weight is 143 g/mol. The van der Waals surface area contributed by atoms with Crippen LogP contribution >= 0.6 is 0 Å². The molecule has 0 heterocycles. The van der Waals surface area contributed by atoms with E-state index in [1.54, 1.807) is 20.8 Å². The van der Waals surface area contributed by atoms with Crippen LogP contribution in [-0.4, -0.2) is 12.1 Å². The van der Waals surface area contributed by atoms with Gasteiger partial charge in [-0.15, -0.1) is 0 Å². The predicted molar refractivity (Wildman–Crippen MR) is 39.2 cm³/mol. The summed E-state index contributed by atoms with van der Waals surface area (Å²) in [4.78, 5) is 10.8. The van der Waals surface area contributed by atoms with Crippen LogP contribution in [-0.2, 0) is 9.53 Å². The van der Waals surface area contributed by atoms with Crippen LogP contribution in [0, 0.1) is 0 Å². The molecule has 2 N–H and O–H groups in total. The summed E-state index contributed by atoms with van der Waals surface area (Å²) < 4.78 is 4.82. The predicted octanol–water partition coefficient (Wildman–Crippen LogP) is 0.800. The summed E-state index contributed by atoms with van der Waals surface area (Å²) in [5.74, 6) is -0.350. The third kappa shape index (κ3) is 3.12. The van der Waals surface area contributed by atoms with Gasteiger partial charge in [-0.05, 0) is 20.8 Å². The van der Waals surface area contributed by atoms with Crippen LogP contribution in [0.3, 0.4) is 0 Å². The van der Waals surface area contributed by atoms with Gasteiger partial charge in [0.1, 0.15) is 0 Å². The van der Waals surface area contributed by atoms with Crippen LogP contribution < -0.4 is 5.73 Å². The summed E-state index contributed by atoms with van der Waals surface area (Å²) in [7, 11) is 0. The summed E-state index contributed by atoms with van der Waals surface area (Å²) in [6.07, 6.45) is 1.16. The zero-order valence-corrected chi connectivity index (χ0v) is 6.55. The molecule has 0 aromatic carbocycles. The second-order valence-corrected chi connectivity index (χ2v) is 2.30. The molecule has 0 atom stereocenters. The molecule has 58 valence electrons. The van der Waals surface area contributed by atoms with Gasteiger partial charge in [-0.3, -0.25) is 0 Å². The van der Waals surface area contributed by atoms with E-state index in [1.807, 2.05) is 0 Å². The number of ether oxygens (including phenoxy) is 1. The topological polar surface area (TPSA) is 52.3 Å². The highest BCUT2D eigenvalue weighted by molar-refractivity contribution is 5.87. The van der Waals surface area contributed by atoms with Crippen LogP contribution in [0.15, 0.2) is 11.8 Å². The maximum absolute atomic E-state index is 10.8. The first-order chi connectivity index (χ1) is 4.57. The molecule has 0 rings (SSSR count). The second-order valence-electron chi connectivity index (χ2n) is 2.30. The average Bonchev–Trinajstić information content (AvgIpc) is 1.85. The van der Waals surface area contributed by atoms with Gasteiger partial charge >= 0.3 is 5.97 Å². The molecule has 0 aliphatic rings. The van der Waals surface area contributed by atoms with E-state index in [-0.39, 0.29) is 12.1 Å². The Bertz CT molecular complexity index is 150. The molecule has 0 fully saturated rings. The maximum atomic E-state index is 10.8. The number of carbonyl (C=O) groups excluding carboxylic acids is 1. The number of nitrogens with two attached hydrogens (primary N) is 1. The lowest BCUT2D eigenvalue weighted by molar-refractivity contribution is -0.142. The molecule has 0 aromatic heterocycles. The van der Waals surface area contributed by atoms with Gasteiger partial charge in [-0.1, -0.05) is 0 Å². The van der Waals surface area contributed by atoms with Crippen molar-refractivity contribution in [1.29, 1.82) is 0 Å². The molecule has 0 radical (unpaired) electrons. The van der Waals surface area contributed by atoms with Crippen molar-refractivity contribution >= 4 is 5.97 Å². The summed E-state index contributed by atoms with van der Waals surface area (Å²) in [5.41, 5.74) is 5.52. The van der Waals surface area contributed by atoms with Gasteiger partial charge in [0, 0.05) is 11.8 Å². The standard InChI is InChI=1S/C7H13NO2/c1-5(2)10-7(9)6(3)4-8/h4-5H,8H2,1-3H3. The van der Waals surface area contributed by atoms with Crippen LogP contribution in [0.4, 0.5) is 0 Å². The molecule has 0 aromatic rings. The van der Waals surface area contributed by atoms with Crippen LogP contribution in [0.2, 0.25) is 0 Å². The zero-order chi connectivity index (χ0) is 8.15. The second kappa shape index (κ2) is 3.93. The fourth-order valence-corrected chi connectivity index (χ4v) is 0.375. The molecule has 0 amide bonds. The molecule has 0 bridgehead atoms. The third-order valence-electron chi connectivity index (χ3n) is 0.915. The summed E-state index contributed by atoms with van der Waals surface area (Å²) in [5, 5.41) is 0. The maximum Gasteiger partial charge on any atom is 0.335 e. The lowest BCUT2D eigenvalue weighted by atomic mass is 10.3. The van der Waals surface area contributed by atoms with Gasteiger partial charge in [0.2, 0.25) is 0 Å². The highest BCUT2D eigenvalue weighted by Crippen LogP contribution is 1.97. The molecular weight excluding hydrogens is 130 g/mol. The lowest BCUT2D eigenvalue weighted by Crippen LogP contribution is -2.12. The van der Waals surface area contributed by atoms with E-state index in [1.165, 1.54) is 6.20 Å². The highest BCUT2D eigenvalue weighted by atomic mass is 16.5. The smallest absolute Gasteiger partial charge is 0.335 e. The molecule has 0 unspecified atom stereocenters. The van der Waals surface area contributed by atoms with Crippen LogP contribution in [0.1, 0.15) is 20.8 Å². The van der Waals surface area contributed by atoms with Gasteiger partial charge in [0.15, 0.2) is 0 Å². The molecule has 0 spiro atoms. The largest absolute Gasteiger partial charge is 0.460 e. The Labute approximate surface area is 60.9 Å². The molecule has 0 aliphatic heterocycles. The number of esters is 1. The van der Waals surface area contributed by atoms with Crippen LogP contribution in [0.25, 0.3) is 0 Å². The SMILES string of the molecule is CC(=CN)C(=O)OC(C)C. The minimum Gasteiger partial charge on any atom is -0.460 e. The van der Waals surface area contributed by atoms with Crippen LogP contribution in [0.5, 0.6) is 0 Å². The normalized spacial score (nSPS) is 11.8. The number of carbonyl (C=O) groups is 1. The van der Waals surface area contributed by atoms with Crippen molar-refractivity contribution in [3.05, 3.63) is 11.8 Å². The van der Waals surface area contributed by atoms with Gasteiger partial charge in [0.25, 0.3) is 0 Å². The van der Waals surface area contributed by atoms with E-state index in [0.717, 1.165) is 0 Å². The minimum absolute atomic E-state index is 0.0811. The first-order valence-corrected chi connectivity index (χ1v) is 3.17. The van der Waals surface area contributed by atoms with E-state index in [4.69, 9.17) is 10.5 Å². The molecule has 3 heteroatoms. The quantitative estimate of drug-likeness (QED) is 0.459. The van der Waals surface area contributed by atoms with Crippen molar-refractivity contribution in [2.75, 3.05) is 0 Å². The monoisotopic (exact) mass is 143 g/mol. The highest BCUT2D eigenvalue weighted by Gasteiger charge is 2.05. The van der Waals surface area contributed by atoms with Crippen molar-refractivity contribution in [3.8, 4) is 0 Å². The Kier molecular flexibility index (Phi) is 3.54. The van der Waals surface area contributed by atoms with Gasteiger partial charge in [0.05, 0.1) is 6.10 Å². The minimum atomic E-state index is -0.350. The number of rotatable bonds is 2. The summed E-state index contributed by atoms with van der Waals surface area (Å²) >= 11 is 0. The summed E-state index contributed by atoms with van der Waals surface area (Å²) in [6.45, 7) is 5.20. The molecule has 0 aliphatic carbocycles. The molecule has 10 heavy (non-hydrogen) atoms. The van der Waals surface area contributed by atoms with E-state index in [2.05, 4.69) is 0 Å². The first kappa shape index (κ1) is 9.01. The Morgan fingerprint density at radius 1 is 1.60 bits per heavy atom. The summed E-state index contributed by atoms with van der Waals surface area (Å²) in [6, 6.07) is 0. The van der Waals surface area contributed by atoms with E-state index in [0.29, 0.717) is 5.57 Å². The van der Waals surface area contributed by atoms with E-state index in [9.17, 15) is 4.79 Å². The van der Waals surface area contributed by atoms with Crippen molar-refractivity contribution in [2.45, 2.75) is 26.9 Å². The first-order valence-electron chi connectivity index (χ1n) is 3.17. The van der Waals surface area contributed by atoms with E-state index < -0.39 is 0 Å². The van der Waals surface area contributed by atoms with Crippen molar-refractivity contribution in [3.63, 3.8) is 0 Å². The van der Waals surface area contributed by atoms with E-state index >= 15 is 0 Å². The Hall–Kier alpha value is -0.990. The molecule has 3 nitrogen and oxygen atoms in total. The number of hydrogen-bond donors (Lipinski definition) is 1. The van der Waals surface area contributed by atoms with Crippen molar-refractivity contribution in [2.24, 2.45) is 5.73 Å². The van der Waals surface area contributed by atoms with Crippen molar-refractivity contribution in [1.82, 2.24) is 0 Å². The van der Waals surface area contributed by atoms with Gasteiger partial charge < -0.3 is 10.5 Å². The molecular formula is C7H13NO2. The fourth-order valence-electron chi connectivity index (χ4n) is 0.375. The lowest BCUT2D eigenvalue weighted by Gasteiger charge is -2.06. The Morgan fingerprint density at radius 2 is 2.10 bits per heavy atom.